The normalized spacial score (nSPS) is 15.2. The Labute approximate surface area is 142 Å². The molecule has 1 aliphatic heterocycles. The standard InChI is InChI=1S/C20H22N2O2/c1-15(22(2)20(23)19-8-3-4-13-24-19)17-6-5-7-18(14-17)16-9-11-21-12-10-16/h5-12,14-15H,3-4,13H2,1-2H3/t15-/m0/s1. The van der Waals surface area contributed by atoms with Gasteiger partial charge in [-0.3, -0.25) is 9.78 Å². The van der Waals surface area contributed by atoms with Crippen LogP contribution in [-0.4, -0.2) is 29.4 Å². The second-order valence-electron chi connectivity index (χ2n) is 6.01. The van der Waals surface area contributed by atoms with Crippen LogP contribution in [0.15, 0.2) is 60.6 Å². The summed E-state index contributed by atoms with van der Waals surface area (Å²) in [6.45, 7) is 2.66. The smallest absolute Gasteiger partial charge is 0.288 e. The highest BCUT2D eigenvalue weighted by molar-refractivity contribution is 5.91. The molecule has 24 heavy (non-hydrogen) atoms. The van der Waals surface area contributed by atoms with Gasteiger partial charge in [-0.15, -0.1) is 0 Å². The molecule has 1 aromatic heterocycles. The molecule has 0 bridgehead atoms. The van der Waals surface area contributed by atoms with Gasteiger partial charge in [0, 0.05) is 19.4 Å². The SMILES string of the molecule is C[C@@H](c1cccc(-c2ccncc2)c1)N(C)C(=O)C1=CCCCO1. The van der Waals surface area contributed by atoms with E-state index in [1.54, 1.807) is 17.3 Å². The van der Waals surface area contributed by atoms with Crippen LogP contribution in [-0.2, 0) is 9.53 Å². The summed E-state index contributed by atoms with van der Waals surface area (Å²) in [5.41, 5.74) is 3.33. The molecule has 2 aromatic rings. The Hall–Kier alpha value is -2.62. The van der Waals surface area contributed by atoms with Crippen LogP contribution >= 0.6 is 0 Å². The molecule has 4 heteroatoms. The number of amides is 1. The molecule has 1 amide bonds. The van der Waals surface area contributed by atoms with Gasteiger partial charge < -0.3 is 9.64 Å². The molecular weight excluding hydrogens is 300 g/mol. The molecule has 1 aromatic carbocycles. The van der Waals surface area contributed by atoms with Crippen molar-refractivity contribution in [3.05, 3.63) is 66.2 Å². The van der Waals surface area contributed by atoms with Crippen LogP contribution in [0.5, 0.6) is 0 Å². The van der Waals surface area contributed by atoms with Gasteiger partial charge in [0.2, 0.25) is 0 Å². The summed E-state index contributed by atoms with van der Waals surface area (Å²) >= 11 is 0. The molecule has 0 aliphatic carbocycles. The van der Waals surface area contributed by atoms with Gasteiger partial charge in [-0.2, -0.15) is 0 Å². The van der Waals surface area contributed by atoms with Crippen molar-refractivity contribution in [3.63, 3.8) is 0 Å². The third-order valence-corrected chi connectivity index (χ3v) is 4.43. The van der Waals surface area contributed by atoms with Gasteiger partial charge in [-0.05, 0) is 60.7 Å². The number of aromatic nitrogens is 1. The molecule has 0 spiro atoms. The van der Waals surface area contributed by atoms with Gasteiger partial charge in [0.05, 0.1) is 12.6 Å². The lowest BCUT2D eigenvalue weighted by molar-refractivity contribution is -0.131. The lowest BCUT2D eigenvalue weighted by Crippen LogP contribution is -2.32. The minimum absolute atomic E-state index is 0.0364. The molecule has 1 aliphatic rings. The number of likely N-dealkylation sites (N-methyl/N-ethyl adjacent to an activating group) is 1. The van der Waals surface area contributed by atoms with Crippen molar-refractivity contribution in [2.24, 2.45) is 0 Å². The van der Waals surface area contributed by atoms with E-state index >= 15 is 0 Å². The summed E-state index contributed by atoms with van der Waals surface area (Å²) in [6.07, 6.45) is 7.34. The van der Waals surface area contributed by atoms with Gasteiger partial charge in [-0.1, -0.05) is 18.2 Å². The van der Waals surface area contributed by atoms with E-state index < -0.39 is 0 Å². The number of hydrogen-bond acceptors (Lipinski definition) is 3. The molecule has 124 valence electrons. The number of carbonyl (C=O) groups is 1. The second-order valence-corrected chi connectivity index (χ2v) is 6.01. The lowest BCUT2D eigenvalue weighted by Gasteiger charge is -2.27. The number of hydrogen-bond donors (Lipinski definition) is 0. The van der Waals surface area contributed by atoms with Crippen molar-refractivity contribution >= 4 is 5.91 Å². The van der Waals surface area contributed by atoms with E-state index in [1.807, 2.05) is 38.2 Å². The highest BCUT2D eigenvalue weighted by Crippen LogP contribution is 2.26. The van der Waals surface area contributed by atoms with Crippen LogP contribution in [0.1, 0.15) is 31.4 Å². The first kappa shape index (κ1) is 16.2. The molecule has 0 saturated heterocycles. The van der Waals surface area contributed by atoms with Gasteiger partial charge in [-0.25, -0.2) is 0 Å². The maximum atomic E-state index is 12.6. The maximum absolute atomic E-state index is 12.6. The van der Waals surface area contributed by atoms with Crippen LogP contribution in [0.3, 0.4) is 0 Å². The van der Waals surface area contributed by atoms with Crippen LogP contribution < -0.4 is 0 Å². The number of rotatable bonds is 4. The molecule has 2 heterocycles. The lowest BCUT2D eigenvalue weighted by atomic mass is 10.00. The molecule has 0 unspecified atom stereocenters. The number of allylic oxidation sites excluding steroid dienone is 1. The van der Waals surface area contributed by atoms with Crippen molar-refractivity contribution in [2.45, 2.75) is 25.8 Å². The van der Waals surface area contributed by atoms with E-state index in [0.717, 1.165) is 29.5 Å². The van der Waals surface area contributed by atoms with E-state index in [-0.39, 0.29) is 11.9 Å². The zero-order chi connectivity index (χ0) is 16.9. The third kappa shape index (κ3) is 3.48. The highest BCUT2D eigenvalue weighted by Gasteiger charge is 2.23. The van der Waals surface area contributed by atoms with Gasteiger partial charge in [0.15, 0.2) is 5.76 Å². The van der Waals surface area contributed by atoms with Crippen molar-refractivity contribution in [1.29, 1.82) is 0 Å². The Morgan fingerprint density at radius 1 is 1.21 bits per heavy atom. The van der Waals surface area contributed by atoms with Crippen LogP contribution in [0.2, 0.25) is 0 Å². The summed E-state index contributed by atoms with van der Waals surface area (Å²) in [4.78, 5) is 18.4. The molecule has 0 radical (unpaired) electrons. The van der Waals surface area contributed by atoms with E-state index in [2.05, 4.69) is 23.2 Å². The Morgan fingerprint density at radius 2 is 2.00 bits per heavy atom. The van der Waals surface area contributed by atoms with E-state index in [1.165, 1.54) is 0 Å². The summed E-state index contributed by atoms with van der Waals surface area (Å²) in [5.74, 6) is 0.414. The number of carbonyl (C=O) groups excluding carboxylic acids is 1. The highest BCUT2D eigenvalue weighted by atomic mass is 16.5. The fourth-order valence-corrected chi connectivity index (χ4v) is 2.80. The summed E-state index contributed by atoms with van der Waals surface area (Å²) < 4.78 is 5.50. The van der Waals surface area contributed by atoms with E-state index in [9.17, 15) is 4.79 Å². The average molecular weight is 322 g/mol. The first-order valence-electron chi connectivity index (χ1n) is 8.27. The average Bonchev–Trinajstić information content (AvgIpc) is 2.67. The first-order valence-corrected chi connectivity index (χ1v) is 8.27. The number of benzene rings is 1. The minimum Gasteiger partial charge on any atom is -0.488 e. The third-order valence-electron chi connectivity index (χ3n) is 4.43. The molecule has 0 fully saturated rings. The Bertz CT molecular complexity index is 740. The monoisotopic (exact) mass is 322 g/mol. The topological polar surface area (TPSA) is 42.4 Å². The molecule has 0 saturated carbocycles. The largest absolute Gasteiger partial charge is 0.488 e. The van der Waals surface area contributed by atoms with Crippen LogP contribution in [0.25, 0.3) is 11.1 Å². The molecule has 4 nitrogen and oxygen atoms in total. The zero-order valence-electron chi connectivity index (χ0n) is 14.1. The molecule has 3 rings (SSSR count). The van der Waals surface area contributed by atoms with Crippen molar-refractivity contribution in [1.82, 2.24) is 9.88 Å². The Morgan fingerprint density at radius 3 is 2.71 bits per heavy atom. The quantitative estimate of drug-likeness (QED) is 0.855. The second kappa shape index (κ2) is 7.30. The Kier molecular flexibility index (Phi) is 4.94. The molecule has 1 atom stereocenters. The van der Waals surface area contributed by atoms with Crippen molar-refractivity contribution in [3.8, 4) is 11.1 Å². The van der Waals surface area contributed by atoms with E-state index in [4.69, 9.17) is 4.74 Å². The van der Waals surface area contributed by atoms with Gasteiger partial charge >= 0.3 is 0 Å². The summed E-state index contributed by atoms with van der Waals surface area (Å²) in [6, 6.07) is 12.2. The number of ether oxygens (including phenoxy) is 1. The van der Waals surface area contributed by atoms with Crippen LogP contribution in [0.4, 0.5) is 0 Å². The predicted octanol–water partition coefficient (Wildman–Crippen LogP) is 3.96. The minimum atomic E-state index is -0.0588. The number of pyridine rings is 1. The predicted molar refractivity (Wildman–Crippen MR) is 94.1 cm³/mol. The fraction of sp³-hybridized carbons (Fsp3) is 0.300. The fourth-order valence-electron chi connectivity index (χ4n) is 2.80. The van der Waals surface area contributed by atoms with Crippen LogP contribution in [0, 0.1) is 0 Å². The molecular formula is C20H22N2O2. The maximum Gasteiger partial charge on any atom is 0.288 e. The molecule has 0 N–H and O–H groups in total. The van der Waals surface area contributed by atoms with Gasteiger partial charge in [0.25, 0.3) is 5.91 Å². The summed E-state index contributed by atoms with van der Waals surface area (Å²) in [5, 5.41) is 0. The zero-order valence-corrected chi connectivity index (χ0v) is 14.1. The number of nitrogens with zero attached hydrogens (tertiary/aromatic N) is 2. The summed E-state index contributed by atoms with van der Waals surface area (Å²) in [7, 11) is 1.82. The van der Waals surface area contributed by atoms with E-state index in [0.29, 0.717) is 12.4 Å². The van der Waals surface area contributed by atoms with Crippen molar-refractivity contribution in [2.75, 3.05) is 13.7 Å². The van der Waals surface area contributed by atoms with Gasteiger partial charge in [0.1, 0.15) is 0 Å². The Balaban J connectivity index is 1.80. The van der Waals surface area contributed by atoms with Crippen molar-refractivity contribution < 1.29 is 9.53 Å². The first-order chi connectivity index (χ1) is 11.7.